The highest BCUT2D eigenvalue weighted by atomic mass is 79.9. The maximum absolute atomic E-state index is 12.9. The van der Waals surface area contributed by atoms with Crippen molar-refractivity contribution in [3.63, 3.8) is 0 Å². The molecule has 1 aliphatic carbocycles. The van der Waals surface area contributed by atoms with Crippen molar-refractivity contribution in [2.24, 2.45) is 0 Å². The lowest BCUT2D eigenvalue weighted by Crippen LogP contribution is -2.23. The molecule has 8 nitrogen and oxygen atoms in total. The van der Waals surface area contributed by atoms with Gasteiger partial charge in [-0.1, -0.05) is 19.3 Å². The van der Waals surface area contributed by atoms with Gasteiger partial charge in [-0.25, -0.2) is 4.98 Å². The van der Waals surface area contributed by atoms with Gasteiger partial charge in [0, 0.05) is 22.3 Å². The highest BCUT2D eigenvalue weighted by Gasteiger charge is 2.23. The van der Waals surface area contributed by atoms with Crippen molar-refractivity contribution in [2.75, 3.05) is 19.5 Å². The maximum Gasteiger partial charge on any atom is 0.339 e. The molecular formula is C27H28BrN3O5S. The Kier molecular flexibility index (Phi) is 7.30. The van der Waals surface area contributed by atoms with Crippen LogP contribution >= 0.6 is 15.9 Å². The van der Waals surface area contributed by atoms with Crippen LogP contribution in [0.15, 0.2) is 70.2 Å². The zero-order valence-electron chi connectivity index (χ0n) is 20.6. The highest BCUT2D eigenvalue weighted by Crippen LogP contribution is 2.38. The van der Waals surface area contributed by atoms with Crippen LogP contribution in [0.5, 0.6) is 17.2 Å². The number of pyridine rings is 1. The number of imidazole rings is 1. The van der Waals surface area contributed by atoms with Crippen molar-refractivity contribution < 1.29 is 22.1 Å². The van der Waals surface area contributed by atoms with Crippen molar-refractivity contribution in [2.45, 2.75) is 43.0 Å². The van der Waals surface area contributed by atoms with E-state index in [4.69, 9.17) is 18.6 Å². The molecular weight excluding hydrogens is 558 g/mol. The van der Waals surface area contributed by atoms with Crippen LogP contribution in [0.25, 0.3) is 16.9 Å². The number of anilines is 1. The minimum absolute atomic E-state index is 0.0179. The topological polar surface area (TPSA) is 91.2 Å². The molecule has 10 heteroatoms. The van der Waals surface area contributed by atoms with E-state index in [2.05, 4.69) is 21.2 Å². The van der Waals surface area contributed by atoms with Crippen molar-refractivity contribution in [3.05, 3.63) is 65.3 Å². The van der Waals surface area contributed by atoms with Gasteiger partial charge in [0.1, 0.15) is 27.8 Å². The molecule has 0 spiro atoms. The molecule has 0 saturated heterocycles. The van der Waals surface area contributed by atoms with Gasteiger partial charge >= 0.3 is 10.1 Å². The quantitative estimate of drug-likeness (QED) is 0.243. The standard InChI is InChI=1S/C27H28BrN3O5S/c1-34-21-10-12-22(13-11-21)37(32,33)36-23-14-8-18(16-24(23)35-2)26-27(29-20-6-4-3-5-7-20)31-17-19(28)9-15-25(31)30-26/h8-17,20,29H,3-7H2,1-2H3. The monoisotopic (exact) mass is 585 g/mol. The van der Waals surface area contributed by atoms with Crippen LogP contribution in [0, 0.1) is 0 Å². The van der Waals surface area contributed by atoms with E-state index >= 15 is 0 Å². The maximum atomic E-state index is 12.9. The van der Waals surface area contributed by atoms with Gasteiger partial charge in [-0.2, -0.15) is 8.42 Å². The van der Waals surface area contributed by atoms with E-state index in [1.165, 1.54) is 45.6 Å². The van der Waals surface area contributed by atoms with E-state index in [0.717, 1.165) is 40.0 Å². The van der Waals surface area contributed by atoms with Crippen LogP contribution in [0.2, 0.25) is 0 Å². The molecule has 0 bridgehead atoms. The number of hydrogen-bond acceptors (Lipinski definition) is 7. The Morgan fingerprint density at radius 2 is 1.70 bits per heavy atom. The van der Waals surface area contributed by atoms with Gasteiger partial charge in [0.15, 0.2) is 11.5 Å². The highest BCUT2D eigenvalue weighted by molar-refractivity contribution is 9.10. The molecule has 37 heavy (non-hydrogen) atoms. The number of aromatic nitrogens is 2. The van der Waals surface area contributed by atoms with Gasteiger partial charge in [-0.15, -0.1) is 0 Å². The SMILES string of the molecule is COc1ccc(S(=O)(=O)Oc2ccc(-c3nc4ccc(Br)cn4c3NC3CCCCC3)cc2OC)cc1. The molecule has 5 rings (SSSR count). The number of methoxy groups -OCH3 is 2. The Bertz CT molecular complexity index is 1510. The summed E-state index contributed by atoms with van der Waals surface area (Å²) in [6.45, 7) is 0. The first kappa shape index (κ1) is 25.4. The van der Waals surface area contributed by atoms with Crippen molar-refractivity contribution in [3.8, 4) is 28.5 Å². The molecule has 0 amide bonds. The summed E-state index contributed by atoms with van der Waals surface area (Å²) < 4.78 is 44.9. The first-order valence-corrected chi connectivity index (χ1v) is 14.3. The molecule has 4 aromatic rings. The summed E-state index contributed by atoms with van der Waals surface area (Å²) in [5.74, 6) is 1.83. The van der Waals surface area contributed by atoms with Crippen LogP contribution in [0.4, 0.5) is 5.82 Å². The normalized spacial score (nSPS) is 14.5. The Labute approximate surface area is 224 Å². The molecule has 1 N–H and O–H groups in total. The minimum atomic E-state index is -4.07. The molecule has 0 radical (unpaired) electrons. The summed E-state index contributed by atoms with van der Waals surface area (Å²) in [6, 6.07) is 15.4. The second-order valence-electron chi connectivity index (χ2n) is 8.94. The van der Waals surface area contributed by atoms with E-state index < -0.39 is 10.1 Å². The number of ether oxygens (including phenoxy) is 2. The summed E-state index contributed by atoms with van der Waals surface area (Å²) >= 11 is 3.57. The first-order valence-electron chi connectivity index (χ1n) is 12.1. The molecule has 0 aliphatic heterocycles. The lowest BCUT2D eigenvalue weighted by atomic mass is 9.95. The Balaban J connectivity index is 1.50. The zero-order chi connectivity index (χ0) is 26.0. The molecule has 2 heterocycles. The van der Waals surface area contributed by atoms with Gasteiger partial charge < -0.3 is 19.0 Å². The van der Waals surface area contributed by atoms with Crippen LogP contribution < -0.4 is 19.0 Å². The predicted octanol–water partition coefficient (Wildman–Crippen LogP) is 6.29. The van der Waals surface area contributed by atoms with E-state index in [-0.39, 0.29) is 16.4 Å². The largest absolute Gasteiger partial charge is 0.497 e. The Morgan fingerprint density at radius 1 is 0.946 bits per heavy atom. The predicted molar refractivity (Wildman–Crippen MR) is 146 cm³/mol. The average molecular weight is 587 g/mol. The first-order chi connectivity index (χ1) is 17.9. The van der Waals surface area contributed by atoms with Gasteiger partial charge in [0.2, 0.25) is 0 Å². The van der Waals surface area contributed by atoms with E-state index in [0.29, 0.717) is 11.8 Å². The molecule has 0 atom stereocenters. The zero-order valence-corrected chi connectivity index (χ0v) is 23.0. The molecule has 1 saturated carbocycles. The molecule has 2 aromatic heterocycles. The lowest BCUT2D eigenvalue weighted by Gasteiger charge is -2.24. The fourth-order valence-electron chi connectivity index (χ4n) is 4.59. The third-order valence-electron chi connectivity index (χ3n) is 6.51. The van der Waals surface area contributed by atoms with Crippen LogP contribution in [-0.4, -0.2) is 38.1 Å². The molecule has 1 fully saturated rings. The summed E-state index contributed by atoms with van der Waals surface area (Å²) in [7, 11) is -1.08. The number of fused-ring (bicyclic) bond motifs is 1. The number of nitrogens with one attached hydrogen (secondary N) is 1. The minimum Gasteiger partial charge on any atom is -0.497 e. The summed E-state index contributed by atoms with van der Waals surface area (Å²) in [6.07, 6.45) is 7.89. The average Bonchev–Trinajstić information content (AvgIpc) is 3.26. The third-order valence-corrected chi connectivity index (χ3v) is 8.23. The number of nitrogens with zero attached hydrogens (tertiary/aromatic N) is 2. The van der Waals surface area contributed by atoms with Crippen LogP contribution in [0.1, 0.15) is 32.1 Å². The fraction of sp³-hybridized carbons (Fsp3) is 0.296. The fourth-order valence-corrected chi connectivity index (χ4v) is 5.87. The lowest BCUT2D eigenvalue weighted by molar-refractivity contribution is 0.390. The van der Waals surface area contributed by atoms with E-state index in [1.807, 2.05) is 22.7 Å². The van der Waals surface area contributed by atoms with Crippen LogP contribution in [0.3, 0.4) is 0 Å². The number of hydrogen-bond donors (Lipinski definition) is 1. The molecule has 2 aromatic carbocycles. The molecule has 0 unspecified atom stereocenters. The second-order valence-corrected chi connectivity index (χ2v) is 11.4. The van der Waals surface area contributed by atoms with E-state index in [1.54, 1.807) is 30.3 Å². The smallest absolute Gasteiger partial charge is 0.339 e. The van der Waals surface area contributed by atoms with Gasteiger partial charge in [-0.3, -0.25) is 4.40 Å². The van der Waals surface area contributed by atoms with Crippen molar-refractivity contribution in [1.82, 2.24) is 9.38 Å². The van der Waals surface area contributed by atoms with Gasteiger partial charge in [-0.05, 0) is 83.4 Å². The van der Waals surface area contributed by atoms with Gasteiger partial charge in [0.25, 0.3) is 0 Å². The van der Waals surface area contributed by atoms with Crippen molar-refractivity contribution in [1.29, 1.82) is 0 Å². The molecule has 194 valence electrons. The number of benzene rings is 2. The number of halogens is 1. The Hall–Kier alpha value is -3.24. The molecule has 1 aliphatic rings. The van der Waals surface area contributed by atoms with E-state index in [9.17, 15) is 8.42 Å². The second kappa shape index (κ2) is 10.6. The summed E-state index contributed by atoms with van der Waals surface area (Å²) in [5, 5.41) is 3.72. The van der Waals surface area contributed by atoms with Gasteiger partial charge in [0.05, 0.1) is 14.2 Å². The summed E-state index contributed by atoms with van der Waals surface area (Å²) in [5.41, 5.74) is 2.34. The number of rotatable bonds is 8. The van der Waals surface area contributed by atoms with Crippen LogP contribution in [-0.2, 0) is 10.1 Å². The Morgan fingerprint density at radius 3 is 2.41 bits per heavy atom. The van der Waals surface area contributed by atoms with Crippen molar-refractivity contribution >= 4 is 37.5 Å². The third kappa shape index (κ3) is 5.40. The summed E-state index contributed by atoms with van der Waals surface area (Å²) in [4.78, 5) is 4.90.